The van der Waals surface area contributed by atoms with E-state index < -0.39 is 17.9 Å². The average Bonchev–Trinajstić information content (AvgIpc) is 3.35. The zero-order chi connectivity index (χ0) is 21.0. The summed E-state index contributed by atoms with van der Waals surface area (Å²) in [6, 6.07) is 9.87. The maximum Gasteiger partial charge on any atom is 0.338 e. The Hall–Kier alpha value is -3.00. The first-order valence-electron chi connectivity index (χ1n) is 9.20. The first-order valence-corrected chi connectivity index (χ1v) is 10.1. The van der Waals surface area contributed by atoms with Crippen molar-refractivity contribution in [2.75, 3.05) is 18.1 Å². The van der Waals surface area contributed by atoms with Gasteiger partial charge in [-0.1, -0.05) is 6.07 Å². The highest BCUT2D eigenvalue weighted by atomic mass is 32.1. The minimum atomic E-state index is -0.635. The number of carbonyl (C=O) groups is 4. The predicted octanol–water partition coefficient (Wildman–Crippen LogP) is 3.09. The molecule has 152 valence electrons. The fourth-order valence-electron chi connectivity index (χ4n) is 2.94. The number of hydrogen-bond acceptors (Lipinski definition) is 7. The van der Waals surface area contributed by atoms with Crippen LogP contribution in [-0.4, -0.2) is 42.9 Å². The van der Waals surface area contributed by atoms with Gasteiger partial charge in [0, 0.05) is 18.7 Å². The molecule has 0 radical (unpaired) electrons. The van der Waals surface area contributed by atoms with E-state index in [0.717, 1.165) is 0 Å². The summed E-state index contributed by atoms with van der Waals surface area (Å²) in [5.41, 5.74) is 0.971. The van der Waals surface area contributed by atoms with Crippen LogP contribution in [0.1, 0.15) is 40.3 Å². The van der Waals surface area contributed by atoms with Gasteiger partial charge in [0.05, 0.1) is 22.5 Å². The lowest BCUT2D eigenvalue weighted by Crippen LogP contribution is -2.27. The number of benzene rings is 1. The van der Waals surface area contributed by atoms with E-state index in [1.165, 1.54) is 16.2 Å². The molecular weight excluding hydrogens is 394 g/mol. The highest BCUT2D eigenvalue weighted by Gasteiger charge is 2.36. The molecule has 7 nitrogen and oxygen atoms in total. The molecule has 0 aliphatic carbocycles. The number of anilines is 1. The molecule has 0 N–H and O–H groups in total. The van der Waals surface area contributed by atoms with Crippen LogP contribution in [0.3, 0.4) is 0 Å². The molecule has 1 atom stereocenters. The summed E-state index contributed by atoms with van der Waals surface area (Å²) in [5.74, 6) is -2.12. The second-order valence-electron chi connectivity index (χ2n) is 6.91. The number of Topliss-reactive ketones (excluding diaryl/α,β-unsaturated/α-hetero) is 1. The fraction of sp³-hybridized carbons (Fsp3) is 0.333. The first kappa shape index (κ1) is 20.7. The van der Waals surface area contributed by atoms with Crippen molar-refractivity contribution < 1.29 is 28.7 Å². The third kappa shape index (κ3) is 5.08. The Morgan fingerprint density at radius 2 is 1.90 bits per heavy atom. The smallest absolute Gasteiger partial charge is 0.338 e. The van der Waals surface area contributed by atoms with E-state index in [-0.39, 0.29) is 37.4 Å². The van der Waals surface area contributed by atoms with Crippen LogP contribution in [0, 0.1) is 5.92 Å². The number of ether oxygens (including phenoxy) is 2. The van der Waals surface area contributed by atoms with Crippen LogP contribution < -0.4 is 4.90 Å². The number of hydrogen-bond donors (Lipinski definition) is 0. The monoisotopic (exact) mass is 415 g/mol. The minimum absolute atomic E-state index is 0.0170. The van der Waals surface area contributed by atoms with Crippen LogP contribution in [0.5, 0.6) is 0 Å². The quantitative estimate of drug-likeness (QED) is 0.510. The van der Waals surface area contributed by atoms with Gasteiger partial charge in [-0.15, -0.1) is 11.3 Å². The van der Waals surface area contributed by atoms with Crippen molar-refractivity contribution in [3.8, 4) is 0 Å². The van der Waals surface area contributed by atoms with Crippen molar-refractivity contribution in [1.29, 1.82) is 0 Å². The summed E-state index contributed by atoms with van der Waals surface area (Å²) in [6.45, 7) is 3.36. The van der Waals surface area contributed by atoms with Crippen molar-refractivity contribution >= 4 is 40.7 Å². The molecular formula is C21H21NO6S. The van der Waals surface area contributed by atoms with Gasteiger partial charge in [-0.2, -0.15) is 0 Å². The third-order valence-electron chi connectivity index (χ3n) is 4.36. The molecule has 1 amide bonds. The zero-order valence-corrected chi connectivity index (χ0v) is 16.9. The lowest BCUT2D eigenvalue weighted by Gasteiger charge is -2.17. The van der Waals surface area contributed by atoms with Crippen LogP contribution in [0.15, 0.2) is 41.8 Å². The number of ketones is 1. The van der Waals surface area contributed by atoms with Crippen molar-refractivity contribution in [1.82, 2.24) is 0 Å². The largest absolute Gasteiger partial charge is 0.459 e. The molecule has 2 heterocycles. The molecule has 1 aromatic heterocycles. The number of thiophene rings is 1. The molecule has 0 spiro atoms. The Morgan fingerprint density at radius 3 is 2.52 bits per heavy atom. The van der Waals surface area contributed by atoms with Crippen molar-refractivity contribution in [2.45, 2.75) is 26.4 Å². The second-order valence-corrected chi connectivity index (χ2v) is 7.86. The van der Waals surface area contributed by atoms with E-state index in [1.807, 2.05) is 0 Å². The SMILES string of the molecule is CC(C)OC(=O)c1ccc(N2C[C@@H](C(=O)OCC(=O)c3cccs3)CC2=O)cc1. The van der Waals surface area contributed by atoms with Crippen molar-refractivity contribution in [2.24, 2.45) is 5.92 Å². The molecule has 1 saturated heterocycles. The van der Waals surface area contributed by atoms with E-state index in [2.05, 4.69) is 0 Å². The zero-order valence-electron chi connectivity index (χ0n) is 16.1. The number of amides is 1. The fourth-order valence-corrected chi connectivity index (χ4v) is 3.59. The van der Waals surface area contributed by atoms with Gasteiger partial charge in [-0.3, -0.25) is 14.4 Å². The van der Waals surface area contributed by atoms with Gasteiger partial charge < -0.3 is 14.4 Å². The highest BCUT2D eigenvalue weighted by molar-refractivity contribution is 7.12. The lowest BCUT2D eigenvalue weighted by atomic mass is 10.1. The van der Waals surface area contributed by atoms with Gasteiger partial charge in [0.2, 0.25) is 11.7 Å². The highest BCUT2D eigenvalue weighted by Crippen LogP contribution is 2.26. The van der Waals surface area contributed by atoms with Gasteiger partial charge in [0.1, 0.15) is 0 Å². The Balaban J connectivity index is 1.57. The van der Waals surface area contributed by atoms with Gasteiger partial charge in [-0.05, 0) is 49.6 Å². The first-order chi connectivity index (χ1) is 13.8. The number of rotatable bonds is 7. The molecule has 29 heavy (non-hydrogen) atoms. The number of nitrogens with zero attached hydrogens (tertiary/aromatic N) is 1. The molecule has 0 saturated carbocycles. The summed E-state index contributed by atoms with van der Waals surface area (Å²) in [5, 5.41) is 1.77. The molecule has 0 bridgehead atoms. The Morgan fingerprint density at radius 1 is 1.17 bits per heavy atom. The van der Waals surface area contributed by atoms with Crippen LogP contribution in [-0.2, 0) is 19.1 Å². The van der Waals surface area contributed by atoms with Gasteiger partial charge in [0.25, 0.3) is 0 Å². The van der Waals surface area contributed by atoms with Crippen molar-refractivity contribution in [3.05, 3.63) is 52.2 Å². The summed E-state index contributed by atoms with van der Waals surface area (Å²) in [4.78, 5) is 50.5. The molecule has 1 aromatic carbocycles. The molecule has 1 aliphatic heterocycles. The molecule has 1 fully saturated rings. The van der Waals surface area contributed by atoms with E-state index in [9.17, 15) is 19.2 Å². The third-order valence-corrected chi connectivity index (χ3v) is 5.27. The predicted molar refractivity (Wildman–Crippen MR) is 107 cm³/mol. The van der Waals surface area contributed by atoms with Crippen LogP contribution in [0.2, 0.25) is 0 Å². The normalized spacial score (nSPS) is 16.2. The van der Waals surface area contributed by atoms with E-state index in [1.54, 1.807) is 55.6 Å². The summed E-state index contributed by atoms with van der Waals surface area (Å²) in [7, 11) is 0. The van der Waals surface area contributed by atoms with Crippen LogP contribution >= 0.6 is 11.3 Å². The summed E-state index contributed by atoms with van der Waals surface area (Å²) in [6.07, 6.45) is -0.204. The Bertz CT molecular complexity index is 904. The van der Waals surface area contributed by atoms with E-state index in [4.69, 9.17) is 9.47 Å². The maximum absolute atomic E-state index is 12.3. The second kappa shape index (κ2) is 9.00. The maximum atomic E-state index is 12.3. The number of esters is 2. The standard InChI is InChI=1S/C21H21NO6S/c1-13(2)28-21(26)14-5-7-16(8-6-14)22-11-15(10-19(22)24)20(25)27-12-17(23)18-4-3-9-29-18/h3-9,13,15H,10-12H2,1-2H3/t15-/m0/s1. The molecule has 1 aliphatic rings. The average molecular weight is 415 g/mol. The number of carbonyl (C=O) groups excluding carboxylic acids is 4. The lowest BCUT2D eigenvalue weighted by molar-refractivity contribution is -0.147. The van der Waals surface area contributed by atoms with Crippen LogP contribution in [0.25, 0.3) is 0 Å². The van der Waals surface area contributed by atoms with E-state index in [0.29, 0.717) is 16.1 Å². The Kier molecular flexibility index (Phi) is 6.43. The minimum Gasteiger partial charge on any atom is -0.459 e. The van der Waals surface area contributed by atoms with Gasteiger partial charge in [0.15, 0.2) is 6.61 Å². The molecule has 0 unspecified atom stereocenters. The van der Waals surface area contributed by atoms with E-state index >= 15 is 0 Å². The van der Waals surface area contributed by atoms with Gasteiger partial charge in [-0.25, -0.2) is 4.79 Å². The summed E-state index contributed by atoms with van der Waals surface area (Å²) >= 11 is 1.28. The summed E-state index contributed by atoms with van der Waals surface area (Å²) < 4.78 is 10.2. The molecule has 3 rings (SSSR count). The molecule has 8 heteroatoms. The topological polar surface area (TPSA) is 90.0 Å². The Labute approximate surface area is 172 Å². The van der Waals surface area contributed by atoms with Crippen LogP contribution in [0.4, 0.5) is 5.69 Å². The molecule has 2 aromatic rings. The van der Waals surface area contributed by atoms with Gasteiger partial charge >= 0.3 is 11.9 Å². The van der Waals surface area contributed by atoms with Crippen molar-refractivity contribution in [3.63, 3.8) is 0 Å².